The van der Waals surface area contributed by atoms with Crippen LogP contribution in [0.15, 0.2) is 30.3 Å². The summed E-state index contributed by atoms with van der Waals surface area (Å²) in [6, 6.07) is 9.25. The fraction of sp³-hybridized carbons (Fsp3) is 0.368. The van der Waals surface area contributed by atoms with E-state index in [9.17, 15) is 10.0 Å². The van der Waals surface area contributed by atoms with Crippen LogP contribution in [0.2, 0.25) is 0 Å². The molecule has 9 nitrogen and oxygen atoms in total. The van der Waals surface area contributed by atoms with Crippen LogP contribution in [0, 0.1) is 5.21 Å². The molecular formula is C19H22N4O5. The number of rotatable bonds is 6. The van der Waals surface area contributed by atoms with Gasteiger partial charge in [0.05, 0.1) is 27.9 Å². The van der Waals surface area contributed by atoms with Gasteiger partial charge in [0.15, 0.2) is 18.1 Å². The Morgan fingerprint density at radius 2 is 1.96 bits per heavy atom. The molecule has 2 aromatic rings. The van der Waals surface area contributed by atoms with Gasteiger partial charge in [0.25, 0.3) is 0 Å². The Morgan fingerprint density at radius 1 is 1.21 bits per heavy atom. The van der Waals surface area contributed by atoms with Gasteiger partial charge >= 0.3 is 12.0 Å². The number of hydrogen-bond donors (Lipinski definition) is 0. The minimum atomic E-state index is -0.652. The molecule has 9 heteroatoms. The molecule has 0 N–H and O–H groups in total. The molecule has 1 aliphatic rings. The topological polar surface area (TPSA) is 99.9 Å². The van der Waals surface area contributed by atoms with E-state index in [1.807, 2.05) is 35.2 Å². The molecule has 148 valence electrons. The zero-order valence-electron chi connectivity index (χ0n) is 16.0. The van der Waals surface area contributed by atoms with Gasteiger partial charge in [-0.05, 0) is 5.56 Å². The molecule has 2 heterocycles. The van der Waals surface area contributed by atoms with Crippen LogP contribution in [0.3, 0.4) is 0 Å². The highest BCUT2D eigenvalue weighted by molar-refractivity contribution is 5.87. The SMILES string of the molecule is COC(=O)CC1CN(Cc2ccccc2)c2nc(OC)nc(OC)c2C=[N+]1[O-]. The Bertz CT molecular complexity index is 872. The zero-order valence-corrected chi connectivity index (χ0v) is 16.0. The molecule has 1 aromatic heterocycles. The van der Waals surface area contributed by atoms with Crippen LogP contribution in [0.5, 0.6) is 11.9 Å². The summed E-state index contributed by atoms with van der Waals surface area (Å²) in [6.45, 7) is 0.747. The van der Waals surface area contributed by atoms with Crippen molar-refractivity contribution in [3.05, 3.63) is 46.7 Å². The average Bonchev–Trinajstić information content (AvgIpc) is 2.84. The molecule has 0 fully saturated rings. The Labute approximate surface area is 162 Å². The zero-order chi connectivity index (χ0) is 20.1. The molecular weight excluding hydrogens is 364 g/mol. The van der Waals surface area contributed by atoms with E-state index in [1.165, 1.54) is 27.5 Å². The fourth-order valence-corrected chi connectivity index (χ4v) is 3.05. The third-order valence-electron chi connectivity index (χ3n) is 4.44. The quantitative estimate of drug-likeness (QED) is 0.417. The van der Waals surface area contributed by atoms with E-state index in [0.717, 1.165) is 10.3 Å². The molecule has 1 unspecified atom stereocenters. The van der Waals surface area contributed by atoms with E-state index in [2.05, 4.69) is 9.97 Å². The number of carbonyl (C=O) groups excluding carboxylic acids is 1. The van der Waals surface area contributed by atoms with E-state index in [0.29, 0.717) is 17.9 Å². The molecule has 1 aromatic carbocycles. The van der Waals surface area contributed by atoms with Crippen LogP contribution in [0.1, 0.15) is 17.5 Å². The minimum absolute atomic E-state index is 0.0529. The largest absolute Gasteiger partial charge is 0.624 e. The number of aromatic nitrogens is 2. The number of esters is 1. The molecule has 3 rings (SSSR count). The van der Waals surface area contributed by atoms with Gasteiger partial charge in [0.1, 0.15) is 12.0 Å². The van der Waals surface area contributed by atoms with Crippen molar-refractivity contribution in [2.24, 2.45) is 0 Å². The number of anilines is 1. The summed E-state index contributed by atoms with van der Waals surface area (Å²) in [7, 11) is 4.22. The smallest absolute Gasteiger partial charge is 0.321 e. The molecule has 0 spiro atoms. The number of carbonyl (C=O) groups is 1. The maximum absolute atomic E-state index is 12.7. The first-order valence-electron chi connectivity index (χ1n) is 8.71. The Morgan fingerprint density at radius 3 is 2.61 bits per heavy atom. The lowest BCUT2D eigenvalue weighted by molar-refractivity contribution is -0.492. The normalized spacial score (nSPS) is 15.9. The summed E-state index contributed by atoms with van der Waals surface area (Å²) in [5.41, 5.74) is 1.46. The highest BCUT2D eigenvalue weighted by Gasteiger charge is 2.32. The predicted molar refractivity (Wildman–Crippen MR) is 102 cm³/mol. The van der Waals surface area contributed by atoms with Gasteiger partial charge in [-0.25, -0.2) is 4.74 Å². The molecule has 0 amide bonds. The summed E-state index contributed by atoms with van der Waals surface area (Å²) in [6.07, 6.45) is 1.30. The molecule has 0 aliphatic carbocycles. The van der Waals surface area contributed by atoms with Gasteiger partial charge in [-0.3, -0.25) is 4.79 Å². The van der Waals surface area contributed by atoms with Gasteiger partial charge in [0, 0.05) is 6.54 Å². The Balaban J connectivity index is 2.07. The number of benzene rings is 1. The van der Waals surface area contributed by atoms with Gasteiger partial charge in [0.2, 0.25) is 5.88 Å². The molecule has 1 atom stereocenters. The first-order valence-corrected chi connectivity index (χ1v) is 8.71. The van der Waals surface area contributed by atoms with Crippen molar-refractivity contribution >= 4 is 18.0 Å². The van der Waals surface area contributed by atoms with Crippen LogP contribution in [0.25, 0.3) is 0 Å². The van der Waals surface area contributed by atoms with E-state index in [1.54, 1.807) is 0 Å². The van der Waals surface area contributed by atoms with E-state index in [4.69, 9.17) is 14.2 Å². The summed E-state index contributed by atoms with van der Waals surface area (Å²) in [4.78, 5) is 22.3. The molecule has 0 saturated heterocycles. The van der Waals surface area contributed by atoms with Crippen molar-refractivity contribution in [2.75, 3.05) is 32.8 Å². The molecule has 0 radical (unpaired) electrons. The van der Waals surface area contributed by atoms with Crippen LogP contribution in [-0.2, 0) is 16.1 Å². The van der Waals surface area contributed by atoms with E-state index < -0.39 is 12.0 Å². The van der Waals surface area contributed by atoms with Crippen LogP contribution >= 0.6 is 0 Å². The summed E-state index contributed by atoms with van der Waals surface area (Å²) < 4.78 is 16.0. The van der Waals surface area contributed by atoms with Crippen LogP contribution < -0.4 is 14.4 Å². The molecule has 28 heavy (non-hydrogen) atoms. The predicted octanol–water partition coefficient (Wildman–Crippen LogP) is 1.37. The molecule has 1 aliphatic heterocycles. The second-order valence-corrected chi connectivity index (χ2v) is 6.25. The van der Waals surface area contributed by atoms with Gasteiger partial charge < -0.3 is 24.3 Å². The Kier molecular flexibility index (Phi) is 5.93. The number of fused-ring (bicyclic) bond motifs is 1. The highest BCUT2D eigenvalue weighted by Crippen LogP contribution is 2.30. The average molecular weight is 386 g/mol. The summed E-state index contributed by atoms with van der Waals surface area (Å²) >= 11 is 0. The second-order valence-electron chi connectivity index (χ2n) is 6.25. The molecule has 0 saturated carbocycles. The minimum Gasteiger partial charge on any atom is -0.624 e. The third-order valence-corrected chi connectivity index (χ3v) is 4.44. The van der Waals surface area contributed by atoms with Crippen molar-refractivity contribution in [1.82, 2.24) is 9.97 Å². The standard InChI is InChI=1S/C19H22N4O5/c1-26-16(24)9-14-11-22(10-13-7-5-4-6-8-13)17-15(12-23(14)25)18(27-2)21-19(20-17)28-3/h4-8,12,14H,9-11H2,1-3H3. The number of hydrogen-bond acceptors (Lipinski definition) is 8. The summed E-state index contributed by atoms with van der Waals surface area (Å²) in [5, 5.41) is 12.7. The number of hydroxylamine groups is 1. The van der Waals surface area contributed by atoms with Crippen molar-refractivity contribution in [3.63, 3.8) is 0 Å². The van der Waals surface area contributed by atoms with Crippen molar-refractivity contribution < 1.29 is 23.7 Å². The molecule has 0 bridgehead atoms. The number of nitrogens with zero attached hydrogens (tertiary/aromatic N) is 4. The van der Waals surface area contributed by atoms with Gasteiger partial charge in [-0.15, -0.1) is 0 Å². The van der Waals surface area contributed by atoms with Gasteiger partial charge in [-0.2, -0.15) is 9.97 Å². The highest BCUT2D eigenvalue weighted by atomic mass is 16.5. The lowest BCUT2D eigenvalue weighted by atomic mass is 10.1. The van der Waals surface area contributed by atoms with Crippen molar-refractivity contribution in [1.29, 1.82) is 0 Å². The maximum atomic E-state index is 12.7. The van der Waals surface area contributed by atoms with Crippen LogP contribution in [-0.4, -0.2) is 60.8 Å². The maximum Gasteiger partial charge on any atom is 0.321 e. The fourth-order valence-electron chi connectivity index (χ4n) is 3.05. The second kappa shape index (κ2) is 8.55. The van der Waals surface area contributed by atoms with Crippen LogP contribution in [0.4, 0.5) is 5.82 Å². The van der Waals surface area contributed by atoms with Crippen molar-refractivity contribution in [3.8, 4) is 11.9 Å². The van der Waals surface area contributed by atoms with E-state index in [-0.39, 0.29) is 24.9 Å². The lowest BCUT2D eigenvalue weighted by Crippen LogP contribution is -2.38. The monoisotopic (exact) mass is 386 g/mol. The van der Waals surface area contributed by atoms with E-state index >= 15 is 0 Å². The lowest BCUT2D eigenvalue weighted by Gasteiger charge is -2.25. The number of ether oxygens (including phenoxy) is 3. The Hall–Kier alpha value is -3.36. The first-order chi connectivity index (χ1) is 13.5. The van der Waals surface area contributed by atoms with Crippen molar-refractivity contribution in [2.45, 2.75) is 19.0 Å². The third kappa shape index (κ3) is 4.13. The summed E-state index contributed by atoms with van der Waals surface area (Å²) in [5.74, 6) is 0.265. The van der Waals surface area contributed by atoms with Gasteiger partial charge in [-0.1, -0.05) is 30.3 Å². The first kappa shape index (κ1) is 19.4. The number of methoxy groups -OCH3 is 3.